The minimum absolute atomic E-state index is 0.0219. The van der Waals surface area contributed by atoms with Gasteiger partial charge in [-0.3, -0.25) is 4.79 Å². The fraction of sp³-hybridized carbons (Fsp3) is 0.350. The smallest absolute Gasteiger partial charge is 0.247 e. The molecule has 0 radical (unpaired) electrons. The summed E-state index contributed by atoms with van der Waals surface area (Å²) in [4.78, 5) is 12.6. The number of anilines is 1. The van der Waals surface area contributed by atoms with Crippen LogP contribution in [0.2, 0.25) is 0 Å². The summed E-state index contributed by atoms with van der Waals surface area (Å²) in [6, 6.07) is 9.83. The summed E-state index contributed by atoms with van der Waals surface area (Å²) in [5, 5.41) is 2.68. The lowest BCUT2D eigenvalue weighted by Gasteiger charge is -2.22. The van der Waals surface area contributed by atoms with Gasteiger partial charge in [0.15, 0.2) is 0 Å². The number of aryl methyl sites for hydroxylation is 1. The number of sulfonamides is 1. The summed E-state index contributed by atoms with van der Waals surface area (Å²) in [6.07, 6.45) is 0. The highest BCUT2D eigenvalue weighted by atomic mass is 32.2. The number of nitrogens with one attached hydrogen (secondary N) is 1. The van der Waals surface area contributed by atoms with Gasteiger partial charge in [0.1, 0.15) is 22.1 Å². The molecule has 1 amide bonds. The van der Waals surface area contributed by atoms with E-state index in [-0.39, 0.29) is 23.7 Å². The SMILES string of the molecule is CCN(CC(=O)Nc1cc(OC)ccc1OC)S(=O)(=O)c1cc(C)ccc1OC. The maximum absolute atomic E-state index is 13.1. The van der Waals surface area contributed by atoms with Gasteiger partial charge in [-0.05, 0) is 36.8 Å². The third-order valence-corrected chi connectivity index (χ3v) is 6.23. The second-order valence-corrected chi connectivity index (χ2v) is 8.11. The van der Waals surface area contributed by atoms with Crippen LogP contribution in [0.5, 0.6) is 17.2 Å². The first kappa shape index (κ1) is 22.5. The van der Waals surface area contributed by atoms with Crippen molar-refractivity contribution in [2.24, 2.45) is 0 Å². The summed E-state index contributed by atoms with van der Waals surface area (Å²) in [5.74, 6) is 0.688. The fourth-order valence-corrected chi connectivity index (χ4v) is 4.40. The standard InChI is InChI=1S/C20H26N2O6S/c1-6-22(29(24,25)19-11-14(2)7-9-18(19)28-5)13-20(23)21-16-12-15(26-3)8-10-17(16)27-4/h7-12H,6,13H2,1-5H3,(H,21,23). The average Bonchev–Trinajstić information content (AvgIpc) is 2.71. The molecule has 8 nitrogen and oxygen atoms in total. The number of hydrogen-bond acceptors (Lipinski definition) is 6. The zero-order valence-electron chi connectivity index (χ0n) is 17.2. The van der Waals surface area contributed by atoms with Crippen LogP contribution in [0.25, 0.3) is 0 Å². The van der Waals surface area contributed by atoms with Crippen LogP contribution >= 0.6 is 0 Å². The van der Waals surface area contributed by atoms with E-state index in [2.05, 4.69) is 5.32 Å². The van der Waals surface area contributed by atoms with Crippen LogP contribution in [0.1, 0.15) is 12.5 Å². The van der Waals surface area contributed by atoms with E-state index in [4.69, 9.17) is 14.2 Å². The van der Waals surface area contributed by atoms with Gasteiger partial charge in [-0.25, -0.2) is 8.42 Å². The van der Waals surface area contributed by atoms with Crippen LogP contribution in [0, 0.1) is 6.92 Å². The minimum Gasteiger partial charge on any atom is -0.497 e. The van der Waals surface area contributed by atoms with Crippen molar-refractivity contribution in [3.05, 3.63) is 42.0 Å². The molecule has 0 spiro atoms. The number of hydrogen-bond donors (Lipinski definition) is 1. The first-order valence-electron chi connectivity index (χ1n) is 8.93. The van der Waals surface area contributed by atoms with Crippen molar-refractivity contribution < 1.29 is 27.4 Å². The lowest BCUT2D eigenvalue weighted by molar-refractivity contribution is -0.116. The zero-order valence-corrected chi connectivity index (χ0v) is 18.0. The Morgan fingerprint density at radius 2 is 1.66 bits per heavy atom. The first-order valence-corrected chi connectivity index (χ1v) is 10.4. The van der Waals surface area contributed by atoms with Gasteiger partial charge in [-0.15, -0.1) is 0 Å². The van der Waals surface area contributed by atoms with E-state index in [0.29, 0.717) is 17.2 Å². The van der Waals surface area contributed by atoms with E-state index >= 15 is 0 Å². The lowest BCUT2D eigenvalue weighted by atomic mass is 10.2. The number of methoxy groups -OCH3 is 3. The highest BCUT2D eigenvalue weighted by molar-refractivity contribution is 7.89. The molecule has 9 heteroatoms. The van der Waals surface area contributed by atoms with Crippen molar-refractivity contribution in [3.8, 4) is 17.2 Å². The lowest BCUT2D eigenvalue weighted by Crippen LogP contribution is -2.38. The predicted molar refractivity (Wildman–Crippen MR) is 110 cm³/mol. The Hall–Kier alpha value is -2.78. The normalized spacial score (nSPS) is 11.2. The van der Waals surface area contributed by atoms with Crippen LogP contribution in [-0.4, -0.2) is 53.0 Å². The van der Waals surface area contributed by atoms with Crippen molar-refractivity contribution in [1.29, 1.82) is 0 Å². The number of rotatable bonds is 9. The quantitative estimate of drug-likeness (QED) is 0.668. The molecule has 2 rings (SSSR count). The Bertz CT molecular complexity index is 975. The van der Waals surface area contributed by atoms with E-state index in [1.165, 1.54) is 27.4 Å². The number of carbonyl (C=O) groups excluding carboxylic acids is 1. The maximum Gasteiger partial charge on any atom is 0.247 e. The zero-order chi connectivity index (χ0) is 21.6. The Morgan fingerprint density at radius 1 is 1.00 bits per heavy atom. The van der Waals surface area contributed by atoms with Gasteiger partial charge < -0.3 is 19.5 Å². The number of nitrogens with zero attached hydrogens (tertiary/aromatic N) is 1. The van der Waals surface area contributed by atoms with Crippen molar-refractivity contribution in [1.82, 2.24) is 4.31 Å². The fourth-order valence-electron chi connectivity index (χ4n) is 2.75. The summed E-state index contributed by atoms with van der Waals surface area (Å²) in [5.41, 5.74) is 1.16. The molecule has 0 saturated carbocycles. The maximum atomic E-state index is 13.1. The molecule has 2 aromatic carbocycles. The molecule has 0 aromatic heterocycles. The Morgan fingerprint density at radius 3 is 2.24 bits per heavy atom. The molecule has 2 aromatic rings. The van der Waals surface area contributed by atoms with Gasteiger partial charge in [0.05, 0.1) is 33.6 Å². The number of carbonyl (C=O) groups is 1. The van der Waals surface area contributed by atoms with Gasteiger partial charge in [-0.2, -0.15) is 4.31 Å². The van der Waals surface area contributed by atoms with Crippen molar-refractivity contribution >= 4 is 21.6 Å². The van der Waals surface area contributed by atoms with Crippen molar-refractivity contribution in [2.45, 2.75) is 18.7 Å². The third kappa shape index (κ3) is 5.18. The predicted octanol–water partition coefficient (Wildman–Crippen LogP) is 2.67. The summed E-state index contributed by atoms with van der Waals surface area (Å²) >= 11 is 0. The first-order chi connectivity index (χ1) is 13.8. The van der Waals surface area contributed by atoms with E-state index in [0.717, 1.165) is 9.87 Å². The second kappa shape index (κ2) is 9.62. The highest BCUT2D eigenvalue weighted by Gasteiger charge is 2.28. The summed E-state index contributed by atoms with van der Waals surface area (Å²) in [6.45, 7) is 3.20. The molecular weight excluding hydrogens is 396 g/mol. The molecule has 0 heterocycles. The number of benzene rings is 2. The third-order valence-electron chi connectivity index (χ3n) is 4.29. The Balaban J connectivity index is 2.28. The van der Waals surface area contributed by atoms with Gasteiger partial charge in [-0.1, -0.05) is 13.0 Å². The number of ether oxygens (including phenoxy) is 3. The minimum atomic E-state index is -3.94. The summed E-state index contributed by atoms with van der Waals surface area (Å²) in [7, 11) is 0.448. The van der Waals surface area contributed by atoms with Gasteiger partial charge in [0.2, 0.25) is 15.9 Å². The van der Waals surface area contributed by atoms with Crippen LogP contribution < -0.4 is 19.5 Å². The van der Waals surface area contributed by atoms with E-state index in [1.807, 2.05) is 0 Å². The molecular formula is C20H26N2O6S. The number of amides is 1. The topological polar surface area (TPSA) is 94.2 Å². The van der Waals surface area contributed by atoms with Gasteiger partial charge >= 0.3 is 0 Å². The molecule has 29 heavy (non-hydrogen) atoms. The monoisotopic (exact) mass is 422 g/mol. The molecule has 0 atom stereocenters. The van der Waals surface area contributed by atoms with E-state index in [9.17, 15) is 13.2 Å². The molecule has 0 aliphatic rings. The molecule has 0 saturated heterocycles. The van der Waals surface area contributed by atoms with Crippen molar-refractivity contribution in [2.75, 3.05) is 39.7 Å². The van der Waals surface area contributed by atoms with Gasteiger partial charge in [0, 0.05) is 12.6 Å². The highest BCUT2D eigenvalue weighted by Crippen LogP contribution is 2.30. The van der Waals surface area contributed by atoms with E-state index in [1.54, 1.807) is 44.2 Å². The largest absolute Gasteiger partial charge is 0.497 e. The van der Waals surface area contributed by atoms with Gasteiger partial charge in [0.25, 0.3) is 0 Å². The molecule has 0 bridgehead atoms. The Kier molecular flexibility index (Phi) is 7.46. The van der Waals surface area contributed by atoms with Crippen LogP contribution in [0.3, 0.4) is 0 Å². The average molecular weight is 423 g/mol. The molecule has 1 N–H and O–H groups in total. The molecule has 0 aliphatic carbocycles. The number of likely N-dealkylation sites (N-methyl/N-ethyl adjacent to an activating group) is 1. The Labute approximate surface area is 171 Å². The molecule has 0 fully saturated rings. The molecule has 0 unspecified atom stereocenters. The molecule has 158 valence electrons. The van der Waals surface area contributed by atoms with Crippen molar-refractivity contribution in [3.63, 3.8) is 0 Å². The summed E-state index contributed by atoms with van der Waals surface area (Å²) < 4.78 is 42.9. The van der Waals surface area contributed by atoms with E-state index < -0.39 is 15.9 Å². The second-order valence-electron chi connectivity index (χ2n) is 6.20. The van der Waals surface area contributed by atoms with Crippen LogP contribution in [0.4, 0.5) is 5.69 Å². The van der Waals surface area contributed by atoms with Crippen LogP contribution in [0.15, 0.2) is 41.3 Å². The van der Waals surface area contributed by atoms with Crippen LogP contribution in [-0.2, 0) is 14.8 Å². The molecule has 0 aliphatic heterocycles.